The van der Waals surface area contributed by atoms with E-state index in [9.17, 15) is 24.9 Å². The normalized spacial score (nSPS) is 35.0. The number of carbonyl (C=O) groups excluding carboxylic acids is 2. The van der Waals surface area contributed by atoms with Crippen molar-refractivity contribution in [3.05, 3.63) is 94.7 Å². The Labute approximate surface area is 294 Å². The average molecular weight is 677 g/mol. The summed E-state index contributed by atoms with van der Waals surface area (Å²) in [6.45, 7) is 19.0. The van der Waals surface area contributed by atoms with E-state index in [1.54, 1.807) is 6.92 Å². The van der Waals surface area contributed by atoms with Gasteiger partial charge in [0.25, 0.3) is 0 Å². The molecule has 3 aliphatic rings. The van der Waals surface area contributed by atoms with Crippen LogP contribution in [0.5, 0.6) is 0 Å². The second-order valence-electron chi connectivity index (χ2n) is 15.9. The van der Waals surface area contributed by atoms with Crippen molar-refractivity contribution in [2.45, 2.75) is 137 Å². The first-order valence-electron chi connectivity index (χ1n) is 17.5. The topological polar surface area (TPSA) is 117 Å². The van der Waals surface area contributed by atoms with Gasteiger partial charge in [-0.15, -0.1) is 0 Å². The van der Waals surface area contributed by atoms with Gasteiger partial charge in [0.2, 0.25) is 0 Å². The predicted molar refractivity (Wildman–Crippen MR) is 197 cm³/mol. The summed E-state index contributed by atoms with van der Waals surface area (Å²) in [6, 6.07) is 0. The first kappa shape index (κ1) is 40.3. The van der Waals surface area contributed by atoms with Crippen LogP contribution in [0.25, 0.3) is 0 Å². The Morgan fingerprint density at radius 1 is 0.837 bits per heavy atom. The van der Waals surface area contributed by atoms with Crippen molar-refractivity contribution in [2.24, 2.45) is 10.8 Å². The highest BCUT2D eigenvalue weighted by Crippen LogP contribution is 2.67. The fourth-order valence-corrected chi connectivity index (χ4v) is 8.03. The molecule has 1 heterocycles. The number of carbonyl (C=O) groups is 2. The maximum Gasteiger partial charge on any atom is 0.302 e. The zero-order valence-electron chi connectivity index (χ0n) is 31.4. The first-order valence-corrected chi connectivity index (χ1v) is 17.5. The molecule has 3 N–H and O–H groups in total. The zero-order chi connectivity index (χ0) is 36.8. The van der Waals surface area contributed by atoms with Gasteiger partial charge in [-0.1, -0.05) is 104 Å². The van der Waals surface area contributed by atoms with Crippen LogP contribution in [-0.4, -0.2) is 62.7 Å². The van der Waals surface area contributed by atoms with Crippen LogP contribution in [0.15, 0.2) is 94.7 Å². The number of hydrogen-bond acceptors (Lipinski definition) is 7. The minimum absolute atomic E-state index is 0.0151. The molecule has 0 aromatic heterocycles. The van der Waals surface area contributed by atoms with Gasteiger partial charge < -0.3 is 24.8 Å². The Balaban J connectivity index is 1.51. The van der Waals surface area contributed by atoms with E-state index in [2.05, 4.69) is 39.0 Å². The van der Waals surface area contributed by atoms with Crippen molar-refractivity contribution in [2.75, 3.05) is 6.61 Å². The molecule has 2 saturated carbocycles. The van der Waals surface area contributed by atoms with Crippen LogP contribution in [0.1, 0.15) is 108 Å². The number of esters is 1. The highest BCUT2D eigenvalue weighted by Gasteiger charge is 2.77. The van der Waals surface area contributed by atoms with Gasteiger partial charge in [-0.25, -0.2) is 0 Å². The molecule has 0 amide bonds. The highest BCUT2D eigenvalue weighted by molar-refractivity contribution is 5.96. The molecule has 6 atom stereocenters. The fourth-order valence-electron chi connectivity index (χ4n) is 8.03. The van der Waals surface area contributed by atoms with Crippen LogP contribution in [0.2, 0.25) is 0 Å². The standard InChI is InChI=1S/C42H60O7/c1-29(17-13-18-31(3)21-22-37-38(6,7)25-35(48-33(5)44)26-40(37,9)47)15-11-12-16-30(2)19-14-20-32(4)36(46)27-42-39(8,28-43)23-34(45)24-41(42,10)49-42/h11-20,22,34-35,43,45,47H,21,23-28H2,1-10H3/b12-11+,17-13+,19-14+,29-15+,30-16+,31-18+,32-20+,37-22?/t34-,35-,39+,40+,41+,42-/m0/s1. The third kappa shape index (κ3) is 10.0. The van der Waals surface area contributed by atoms with Crippen LogP contribution in [0.4, 0.5) is 0 Å². The number of hydrogen-bond donors (Lipinski definition) is 3. The van der Waals surface area contributed by atoms with Crippen molar-refractivity contribution in [3.63, 3.8) is 0 Å². The van der Waals surface area contributed by atoms with Gasteiger partial charge in [-0.3, -0.25) is 9.59 Å². The van der Waals surface area contributed by atoms with Gasteiger partial charge in [0.05, 0.1) is 23.9 Å². The lowest BCUT2D eigenvalue weighted by Gasteiger charge is -2.46. The van der Waals surface area contributed by atoms with E-state index in [1.165, 1.54) is 12.5 Å². The summed E-state index contributed by atoms with van der Waals surface area (Å²) in [6.07, 6.45) is 24.0. The second-order valence-corrected chi connectivity index (χ2v) is 15.9. The molecule has 0 spiro atoms. The number of aliphatic hydroxyl groups is 3. The number of allylic oxidation sites excluding steroid dienone is 15. The van der Waals surface area contributed by atoms with Crippen molar-refractivity contribution < 1.29 is 34.4 Å². The van der Waals surface area contributed by atoms with E-state index in [4.69, 9.17) is 9.47 Å². The van der Waals surface area contributed by atoms with E-state index >= 15 is 0 Å². The Hall–Kier alpha value is -3.10. The molecule has 7 heteroatoms. The monoisotopic (exact) mass is 676 g/mol. The number of rotatable bonds is 13. The summed E-state index contributed by atoms with van der Waals surface area (Å²) in [5.74, 6) is -0.328. The van der Waals surface area contributed by atoms with E-state index in [0.29, 0.717) is 31.3 Å². The van der Waals surface area contributed by atoms with Crippen molar-refractivity contribution in [1.29, 1.82) is 0 Å². The van der Waals surface area contributed by atoms with E-state index < -0.39 is 28.3 Å². The molecule has 2 aliphatic carbocycles. The number of fused-ring (bicyclic) bond motifs is 1. The molecule has 3 rings (SSSR count). The summed E-state index contributed by atoms with van der Waals surface area (Å²) < 4.78 is 11.6. The van der Waals surface area contributed by atoms with Crippen LogP contribution in [0.3, 0.4) is 0 Å². The van der Waals surface area contributed by atoms with Gasteiger partial charge in [0.1, 0.15) is 11.7 Å². The second kappa shape index (κ2) is 15.8. The number of Topliss-reactive ketones (excluding diaryl/α,β-unsaturated/α-hetero) is 1. The Bertz CT molecular complexity index is 1480. The van der Waals surface area contributed by atoms with Crippen molar-refractivity contribution in [1.82, 2.24) is 0 Å². The quantitative estimate of drug-likeness (QED) is 0.0597. The lowest BCUT2D eigenvalue weighted by molar-refractivity contribution is -0.152. The number of epoxide rings is 1. The van der Waals surface area contributed by atoms with Crippen molar-refractivity contribution in [3.8, 4) is 0 Å². The van der Waals surface area contributed by atoms with E-state index in [-0.39, 0.29) is 36.3 Å². The van der Waals surface area contributed by atoms with Crippen LogP contribution >= 0.6 is 0 Å². The third-order valence-electron chi connectivity index (χ3n) is 10.6. The predicted octanol–water partition coefficient (Wildman–Crippen LogP) is 7.90. The largest absolute Gasteiger partial charge is 0.462 e. The van der Waals surface area contributed by atoms with E-state index in [1.807, 2.05) is 83.2 Å². The molecule has 0 radical (unpaired) electrons. The zero-order valence-corrected chi connectivity index (χ0v) is 31.4. The number of aliphatic hydroxyl groups excluding tert-OH is 2. The summed E-state index contributed by atoms with van der Waals surface area (Å²) in [5, 5.41) is 31.6. The molecule has 49 heavy (non-hydrogen) atoms. The summed E-state index contributed by atoms with van der Waals surface area (Å²) in [4.78, 5) is 24.6. The molecular formula is C42H60O7. The molecule has 3 fully saturated rings. The van der Waals surface area contributed by atoms with Crippen LogP contribution in [-0.2, 0) is 19.1 Å². The fraction of sp³-hybridized carbons (Fsp3) is 0.571. The molecule has 0 bridgehead atoms. The molecule has 0 aromatic carbocycles. The SMILES string of the molecule is CC(=O)O[C@H]1CC(C)(C)C(=CC/C(C)=C/C=C/C(C)=C/C=C/C=C(C)/C=C/C=C(\C)C(=O)C[C@@]23O[C@]2(C)C[C@@H](O)C[C@]3(C)CO)[C@](C)(O)C1. The molecule has 1 aliphatic heterocycles. The first-order chi connectivity index (χ1) is 22.7. The molecule has 0 aromatic rings. The van der Waals surface area contributed by atoms with Crippen LogP contribution in [0, 0.1) is 10.8 Å². The molecular weight excluding hydrogens is 616 g/mol. The number of ether oxygens (including phenoxy) is 2. The van der Waals surface area contributed by atoms with Gasteiger partial charge in [0, 0.05) is 31.6 Å². The van der Waals surface area contributed by atoms with E-state index in [0.717, 1.165) is 23.1 Å². The van der Waals surface area contributed by atoms with Gasteiger partial charge in [0.15, 0.2) is 5.78 Å². The minimum Gasteiger partial charge on any atom is -0.462 e. The summed E-state index contributed by atoms with van der Waals surface area (Å²) in [7, 11) is 0. The van der Waals surface area contributed by atoms with Crippen molar-refractivity contribution >= 4 is 11.8 Å². The summed E-state index contributed by atoms with van der Waals surface area (Å²) in [5.41, 5.74) is 1.63. The van der Waals surface area contributed by atoms with Gasteiger partial charge in [-0.2, -0.15) is 0 Å². The average Bonchev–Trinajstić information content (AvgIpc) is 3.58. The maximum atomic E-state index is 13.1. The third-order valence-corrected chi connectivity index (χ3v) is 10.6. The van der Waals surface area contributed by atoms with Gasteiger partial charge >= 0.3 is 5.97 Å². The maximum absolute atomic E-state index is 13.1. The molecule has 0 unspecified atom stereocenters. The lowest BCUT2D eigenvalue weighted by Crippen LogP contribution is -2.51. The van der Waals surface area contributed by atoms with Crippen LogP contribution < -0.4 is 0 Å². The smallest absolute Gasteiger partial charge is 0.302 e. The molecule has 1 saturated heterocycles. The molecule has 270 valence electrons. The Morgan fingerprint density at radius 2 is 1.43 bits per heavy atom. The molecule has 7 nitrogen and oxygen atoms in total. The Morgan fingerprint density at radius 3 is 1.98 bits per heavy atom. The lowest BCUT2D eigenvalue weighted by atomic mass is 9.60. The summed E-state index contributed by atoms with van der Waals surface area (Å²) >= 11 is 0. The van der Waals surface area contributed by atoms with Gasteiger partial charge in [-0.05, 0) is 77.4 Å². The Kier molecular flexibility index (Phi) is 13.0. The number of ketones is 1. The highest BCUT2D eigenvalue weighted by atomic mass is 16.6. The minimum atomic E-state index is -1.03.